The van der Waals surface area contributed by atoms with Crippen molar-refractivity contribution in [2.45, 2.75) is 18.9 Å². The van der Waals surface area contributed by atoms with Crippen molar-refractivity contribution < 1.29 is 9.53 Å². The maximum Gasteiger partial charge on any atom is 0.269 e. The SMILES string of the molecule is COc1ccccc1[C@@H](CNC(=O)c1[nH]c2ccc(Br)cc2c1Cl)N1CCCC1. The molecule has 152 valence electrons. The minimum Gasteiger partial charge on any atom is -0.496 e. The van der Waals surface area contributed by atoms with Crippen LogP contribution >= 0.6 is 27.5 Å². The summed E-state index contributed by atoms with van der Waals surface area (Å²) in [7, 11) is 1.68. The molecule has 0 saturated carbocycles. The number of rotatable bonds is 6. The van der Waals surface area contributed by atoms with Crippen molar-refractivity contribution in [3.63, 3.8) is 0 Å². The first-order valence-electron chi connectivity index (χ1n) is 9.70. The van der Waals surface area contributed by atoms with Gasteiger partial charge in [0.25, 0.3) is 5.91 Å². The summed E-state index contributed by atoms with van der Waals surface area (Å²) in [5.74, 6) is 0.633. The lowest BCUT2D eigenvalue weighted by Crippen LogP contribution is -2.37. The lowest BCUT2D eigenvalue weighted by Gasteiger charge is -2.29. The number of ether oxygens (including phenoxy) is 1. The second-order valence-electron chi connectivity index (χ2n) is 7.21. The number of fused-ring (bicyclic) bond motifs is 1. The number of hydrogen-bond donors (Lipinski definition) is 2. The lowest BCUT2D eigenvalue weighted by molar-refractivity contribution is 0.0933. The highest BCUT2D eigenvalue weighted by Crippen LogP contribution is 2.32. The smallest absolute Gasteiger partial charge is 0.269 e. The molecule has 2 N–H and O–H groups in total. The van der Waals surface area contributed by atoms with Gasteiger partial charge in [-0.15, -0.1) is 0 Å². The molecule has 0 unspecified atom stereocenters. The number of aromatic nitrogens is 1. The van der Waals surface area contributed by atoms with E-state index in [0.717, 1.165) is 39.8 Å². The van der Waals surface area contributed by atoms with Crippen LogP contribution in [0.3, 0.4) is 0 Å². The first-order valence-corrected chi connectivity index (χ1v) is 10.9. The van der Waals surface area contributed by atoms with Crippen molar-refractivity contribution in [3.05, 3.63) is 63.2 Å². The van der Waals surface area contributed by atoms with E-state index in [9.17, 15) is 4.79 Å². The van der Waals surface area contributed by atoms with Crippen LogP contribution in [0, 0.1) is 0 Å². The predicted octanol–water partition coefficient (Wildman–Crippen LogP) is 5.16. The molecule has 0 spiro atoms. The van der Waals surface area contributed by atoms with Crippen molar-refractivity contribution in [3.8, 4) is 5.75 Å². The predicted molar refractivity (Wildman–Crippen MR) is 120 cm³/mol. The zero-order valence-corrected chi connectivity index (χ0v) is 18.5. The van der Waals surface area contributed by atoms with Crippen molar-refractivity contribution in [1.29, 1.82) is 0 Å². The van der Waals surface area contributed by atoms with Gasteiger partial charge in [-0.3, -0.25) is 9.69 Å². The van der Waals surface area contributed by atoms with E-state index < -0.39 is 0 Å². The number of carbonyl (C=O) groups is 1. The number of para-hydroxylation sites is 1. The molecular formula is C22H23BrClN3O2. The van der Waals surface area contributed by atoms with E-state index in [0.29, 0.717) is 17.3 Å². The summed E-state index contributed by atoms with van der Waals surface area (Å²) < 4.78 is 6.50. The number of nitrogens with zero attached hydrogens (tertiary/aromatic N) is 1. The van der Waals surface area contributed by atoms with E-state index in [-0.39, 0.29) is 11.9 Å². The number of aromatic amines is 1. The molecule has 1 aliphatic rings. The third kappa shape index (κ3) is 4.15. The quantitative estimate of drug-likeness (QED) is 0.517. The van der Waals surface area contributed by atoms with Crippen LogP contribution in [0.5, 0.6) is 5.75 Å². The second kappa shape index (κ2) is 8.78. The third-order valence-corrected chi connectivity index (χ3v) is 6.35. The highest BCUT2D eigenvalue weighted by Gasteiger charge is 2.27. The summed E-state index contributed by atoms with van der Waals surface area (Å²) in [6, 6.07) is 13.8. The standard InChI is InChI=1S/C22H23BrClN3O2/c1-29-19-7-3-2-6-15(19)18(27-10-4-5-11-27)13-25-22(28)21-20(24)16-12-14(23)8-9-17(16)26-21/h2-3,6-9,12,18,26H,4-5,10-11,13H2,1H3,(H,25,28)/t18-/m1/s1. The van der Waals surface area contributed by atoms with Crippen LogP contribution < -0.4 is 10.1 Å². The monoisotopic (exact) mass is 475 g/mol. The number of hydrogen-bond acceptors (Lipinski definition) is 3. The first-order chi connectivity index (χ1) is 14.1. The van der Waals surface area contributed by atoms with E-state index in [2.05, 4.69) is 37.2 Å². The van der Waals surface area contributed by atoms with Crippen LogP contribution in [0.15, 0.2) is 46.9 Å². The molecule has 0 radical (unpaired) electrons. The summed E-state index contributed by atoms with van der Waals surface area (Å²) in [5.41, 5.74) is 2.31. The van der Waals surface area contributed by atoms with Crippen LogP contribution in [0.2, 0.25) is 5.02 Å². The fourth-order valence-electron chi connectivity index (χ4n) is 4.00. The molecular weight excluding hydrogens is 454 g/mol. The minimum absolute atomic E-state index is 0.0508. The van der Waals surface area contributed by atoms with Gasteiger partial charge < -0.3 is 15.0 Å². The lowest BCUT2D eigenvalue weighted by atomic mass is 10.0. The van der Waals surface area contributed by atoms with Gasteiger partial charge in [0.05, 0.1) is 18.2 Å². The zero-order valence-electron chi connectivity index (χ0n) is 16.2. The Labute approximate surface area is 183 Å². The molecule has 1 fully saturated rings. The second-order valence-corrected chi connectivity index (χ2v) is 8.51. The summed E-state index contributed by atoms with van der Waals surface area (Å²) in [6.07, 6.45) is 2.34. The Kier molecular flexibility index (Phi) is 6.13. The van der Waals surface area contributed by atoms with Gasteiger partial charge in [-0.25, -0.2) is 0 Å². The molecule has 5 nitrogen and oxygen atoms in total. The average Bonchev–Trinajstić information content (AvgIpc) is 3.37. The minimum atomic E-state index is -0.207. The van der Waals surface area contributed by atoms with Crippen molar-refractivity contribution in [1.82, 2.24) is 15.2 Å². The van der Waals surface area contributed by atoms with Crippen LogP contribution in [-0.4, -0.2) is 42.5 Å². The molecule has 1 saturated heterocycles. The fraction of sp³-hybridized carbons (Fsp3) is 0.318. The van der Waals surface area contributed by atoms with Gasteiger partial charge in [-0.2, -0.15) is 0 Å². The Hall–Kier alpha value is -2.02. The fourth-order valence-corrected chi connectivity index (χ4v) is 4.65. The van der Waals surface area contributed by atoms with E-state index >= 15 is 0 Å². The molecule has 1 aromatic heterocycles. The van der Waals surface area contributed by atoms with E-state index in [4.69, 9.17) is 16.3 Å². The summed E-state index contributed by atoms with van der Waals surface area (Å²) in [6.45, 7) is 2.51. The van der Waals surface area contributed by atoms with Crippen LogP contribution in [0.1, 0.15) is 34.9 Å². The molecule has 29 heavy (non-hydrogen) atoms. The number of likely N-dealkylation sites (tertiary alicyclic amines) is 1. The first kappa shape index (κ1) is 20.3. The topological polar surface area (TPSA) is 57.4 Å². The van der Waals surface area contributed by atoms with Crippen LogP contribution in [0.4, 0.5) is 0 Å². The Morgan fingerprint density at radius 3 is 2.79 bits per heavy atom. The number of halogens is 2. The van der Waals surface area contributed by atoms with Gasteiger partial charge >= 0.3 is 0 Å². The molecule has 2 aromatic carbocycles. The zero-order chi connectivity index (χ0) is 20.4. The number of nitrogens with one attached hydrogen (secondary N) is 2. The number of carbonyl (C=O) groups excluding carboxylic acids is 1. The summed E-state index contributed by atoms with van der Waals surface area (Å²) >= 11 is 9.94. The maximum absolute atomic E-state index is 12.9. The maximum atomic E-state index is 12.9. The van der Waals surface area contributed by atoms with Crippen LogP contribution in [0.25, 0.3) is 10.9 Å². The molecule has 1 aliphatic heterocycles. The van der Waals surface area contributed by atoms with Gasteiger partial charge in [0.2, 0.25) is 0 Å². The Balaban J connectivity index is 1.57. The molecule has 7 heteroatoms. The van der Waals surface area contributed by atoms with Gasteiger partial charge in [0.15, 0.2) is 0 Å². The molecule has 1 amide bonds. The van der Waals surface area contributed by atoms with Gasteiger partial charge in [0.1, 0.15) is 11.4 Å². The van der Waals surface area contributed by atoms with Crippen LogP contribution in [-0.2, 0) is 0 Å². The number of benzene rings is 2. The van der Waals surface area contributed by atoms with Crippen molar-refractivity contribution in [2.24, 2.45) is 0 Å². The van der Waals surface area contributed by atoms with Gasteiger partial charge in [-0.05, 0) is 50.2 Å². The Bertz CT molecular complexity index is 1030. The Morgan fingerprint density at radius 1 is 1.28 bits per heavy atom. The van der Waals surface area contributed by atoms with E-state index in [1.54, 1.807) is 7.11 Å². The molecule has 0 aliphatic carbocycles. The number of methoxy groups -OCH3 is 1. The highest BCUT2D eigenvalue weighted by molar-refractivity contribution is 9.10. The largest absolute Gasteiger partial charge is 0.496 e. The average molecular weight is 477 g/mol. The van der Waals surface area contributed by atoms with Gasteiger partial charge in [-0.1, -0.05) is 45.7 Å². The van der Waals surface area contributed by atoms with E-state index in [1.165, 1.54) is 12.8 Å². The van der Waals surface area contributed by atoms with Crippen molar-refractivity contribution >= 4 is 44.3 Å². The highest BCUT2D eigenvalue weighted by atomic mass is 79.9. The van der Waals surface area contributed by atoms with Gasteiger partial charge in [0, 0.05) is 27.5 Å². The molecule has 1 atom stereocenters. The normalized spacial score (nSPS) is 15.6. The third-order valence-electron chi connectivity index (χ3n) is 5.46. The number of H-pyrrole nitrogens is 1. The summed E-state index contributed by atoms with van der Waals surface area (Å²) in [5, 5.41) is 4.34. The molecule has 3 aromatic rings. The summed E-state index contributed by atoms with van der Waals surface area (Å²) in [4.78, 5) is 18.5. The van der Waals surface area contributed by atoms with Crippen molar-refractivity contribution in [2.75, 3.05) is 26.7 Å². The molecule has 4 rings (SSSR count). The molecule has 2 heterocycles. The van der Waals surface area contributed by atoms with E-state index in [1.807, 2.05) is 36.4 Å². The number of amides is 1. The molecule has 0 bridgehead atoms. The Morgan fingerprint density at radius 2 is 2.03 bits per heavy atom.